The standard InChI is InChI=1S/C16H17ClN4O2/c17-15-14(21(22)23)16(19-11-18-15)20-8-6-13(7-9-20)10-12-4-2-1-3-5-12/h1-5,11,13H,6-10H2. The first kappa shape index (κ1) is 15.7. The van der Waals surface area contributed by atoms with E-state index in [0.717, 1.165) is 32.4 Å². The second kappa shape index (κ2) is 6.91. The Morgan fingerprint density at radius 2 is 1.91 bits per heavy atom. The minimum Gasteiger partial charge on any atom is -0.351 e. The molecule has 120 valence electrons. The average Bonchev–Trinajstić information content (AvgIpc) is 2.56. The van der Waals surface area contributed by atoms with Gasteiger partial charge in [0, 0.05) is 13.1 Å². The van der Waals surface area contributed by atoms with E-state index in [-0.39, 0.29) is 10.8 Å². The molecule has 23 heavy (non-hydrogen) atoms. The summed E-state index contributed by atoms with van der Waals surface area (Å²) < 4.78 is 0. The molecular formula is C16H17ClN4O2. The van der Waals surface area contributed by atoms with Gasteiger partial charge in [0.15, 0.2) is 0 Å². The molecule has 0 spiro atoms. The quantitative estimate of drug-likeness (QED) is 0.487. The van der Waals surface area contributed by atoms with Crippen LogP contribution >= 0.6 is 11.6 Å². The summed E-state index contributed by atoms with van der Waals surface area (Å²) in [6.07, 6.45) is 4.28. The Balaban J connectivity index is 1.68. The molecule has 1 aromatic carbocycles. The predicted octanol–water partition coefficient (Wildman–Crippen LogP) is 3.50. The smallest absolute Gasteiger partial charge is 0.348 e. The first-order valence-electron chi connectivity index (χ1n) is 7.59. The molecule has 0 N–H and O–H groups in total. The maximum atomic E-state index is 11.2. The molecule has 0 aliphatic carbocycles. The van der Waals surface area contributed by atoms with Gasteiger partial charge in [0.05, 0.1) is 4.92 Å². The van der Waals surface area contributed by atoms with Crippen molar-refractivity contribution in [3.63, 3.8) is 0 Å². The van der Waals surface area contributed by atoms with Crippen molar-refractivity contribution < 1.29 is 4.92 Å². The Bertz CT molecular complexity index is 688. The normalized spacial score (nSPS) is 15.6. The highest BCUT2D eigenvalue weighted by Crippen LogP contribution is 2.34. The third kappa shape index (κ3) is 3.59. The maximum absolute atomic E-state index is 11.2. The topological polar surface area (TPSA) is 72.2 Å². The summed E-state index contributed by atoms with van der Waals surface area (Å²) in [6.45, 7) is 1.48. The maximum Gasteiger partial charge on any atom is 0.348 e. The number of nitro groups is 1. The lowest BCUT2D eigenvalue weighted by molar-refractivity contribution is -0.384. The molecule has 0 radical (unpaired) electrons. The van der Waals surface area contributed by atoms with Crippen molar-refractivity contribution in [1.29, 1.82) is 0 Å². The number of anilines is 1. The van der Waals surface area contributed by atoms with Crippen LogP contribution in [0, 0.1) is 16.0 Å². The van der Waals surface area contributed by atoms with Crippen LogP contribution in [0.1, 0.15) is 18.4 Å². The number of hydrogen-bond acceptors (Lipinski definition) is 5. The number of rotatable bonds is 4. The lowest BCUT2D eigenvalue weighted by atomic mass is 9.90. The first-order chi connectivity index (χ1) is 11.1. The van der Waals surface area contributed by atoms with Gasteiger partial charge in [-0.1, -0.05) is 41.9 Å². The van der Waals surface area contributed by atoms with Gasteiger partial charge in [-0.05, 0) is 30.7 Å². The van der Waals surface area contributed by atoms with Crippen LogP contribution in [0.2, 0.25) is 5.15 Å². The zero-order valence-corrected chi connectivity index (χ0v) is 13.3. The molecule has 1 saturated heterocycles. The largest absolute Gasteiger partial charge is 0.351 e. The number of nitrogens with zero attached hydrogens (tertiary/aromatic N) is 4. The van der Waals surface area contributed by atoms with Gasteiger partial charge < -0.3 is 4.90 Å². The van der Waals surface area contributed by atoms with Crippen molar-refractivity contribution in [1.82, 2.24) is 9.97 Å². The lowest BCUT2D eigenvalue weighted by Crippen LogP contribution is -2.35. The fraction of sp³-hybridized carbons (Fsp3) is 0.375. The van der Waals surface area contributed by atoms with E-state index < -0.39 is 4.92 Å². The van der Waals surface area contributed by atoms with E-state index in [2.05, 4.69) is 34.2 Å². The van der Waals surface area contributed by atoms with Gasteiger partial charge in [0.1, 0.15) is 6.33 Å². The Hall–Kier alpha value is -2.21. The van der Waals surface area contributed by atoms with Crippen molar-refractivity contribution in [2.24, 2.45) is 5.92 Å². The summed E-state index contributed by atoms with van der Waals surface area (Å²) in [7, 11) is 0. The predicted molar refractivity (Wildman–Crippen MR) is 88.8 cm³/mol. The van der Waals surface area contributed by atoms with Gasteiger partial charge in [0.2, 0.25) is 11.0 Å². The van der Waals surface area contributed by atoms with Gasteiger partial charge in [-0.2, -0.15) is 0 Å². The molecular weight excluding hydrogens is 316 g/mol. The molecule has 0 atom stereocenters. The molecule has 2 heterocycles. The van der Waals surface area contributed by atoms with Crippen molar-refractivity contribution >= 4 is 23.1 Å². The van der Waals surface area contributed by atoms with E-state index in [1.54, 1.807) is 0 Å². The molecule has 0 amide bonds. The van der Waals surface area contributed by atoms with E-state index in [0.29, 0.717) is 11.7 Å². The second-order valence-electron chi connectivity index (χ2n) is 5.71. The van der Waals surface area contributed by atoms with E-state index >= 15 is 0 Å². The summed E-state index contributed by atoms with van der Waals surface area (Å²) in [5.74, 6) is 0.915. The highest BCUT2D eigenvalue weighted by atomic mass is 35.5. The van der Waals surface area contributed by atoms with Crippen LogP contribution in [-0.4, -0.2) is 28.0 Å². The molecule has 0 unspecified atom stereocenters. The van der Waals surface area contributed by atoms with Crippen molar-refractivity contribution in [2.75, 3.05) is 18.0 Å². The van der Waals surface area contributed by atoms with Gasteiger partial charge in [-0.3, -0.25) is 10.1 Å². The average molecular weight is 333 g/mol. The van der Waals surface area contributed by atoms with Crippen molar-refractivity contribution in [3.8, 4) is 0 Å². The van der Waals surface area contributed by atoms with Crippen LogP contribution < -0.4 is 4.90 Å². The molecule has 0 saturated carbocycles. The lowest BCUT2D eigenvalue weighted by Gasteiger charge is -2.32. The minimum absolute atomic E-state index is 0.105. The number of hydrogen-bond donors (Lipinski definition) is 0. The van der Waals surface area contributed by atoms with Crippen LogP contribution in [0.4, 0.5) is 11.5 Å². The fourth-order valence-electron chi connectivity index (χ4n) is 3.03. The van der Waals surface area contributed by atoms with Crippen molar-refractivity contribution in [3.05, 3.63) is 57.5 Å². The van der Waals surface area contributed by atoms with Gasteiger partial charge in [-0.15, -0.1) is 0 Å². The Labute approximate surface area is 139 Å². The second-order valence-corrected chi connectivity index (χ2v) is 6.07. The van der Waals surface area contributed by atoms with E-state index in [9.17, 15) is 10.1 Å². The monoisotopic (exact) mass is 332 g/mol. The highest BCUT2D eigenvalue weighted by molar-refractivity contribution is 6.31. The van der Waals surface area contributed by atoms with Crippen LogP contribution in [-0.2, 0) is 6.42 Å². The number of piperidine rings is 1. The number of aromatic nitrogens is 2. The molecule has 2 aromatic rings. The van der Waals surface area contributed by atoms with E-state index in [1.165, 1.54) is 11.9 Å². The van der Waals surface area contributed by atoms with Crippen LogP contribution in [0.3, 0.4) is 0 Å². The SMILES string of the molecule is O=[N+]([O-])c1c(Cl)ncnc1N1CCC(Cc2ccccc2)CC1. The molecule has 1 aliphatic heterocycles. The van der Waals surface area contributed by atoms with Crippen LogP contribution in [0.25, 0.3) is 0 Å². The number of benzene rings is 1. The zero-order valence-electron chi connectivity index (χ0n) is 12.6. The van der Waals surface area contributed by atoms with Crippen molar-refractivity contribution in [2.45, 2.75) is 19.3 Å². The molecule has 6 nitrogen and oxygen atoms in total. The molecule has 3 rings (SSSR count). The summed E-state index contributed by atoms with van der Waals surface area (Å²) >= 11 is 5.86. The zero-order chi connectivity index (χ0) is 16.2. The Morgan fingerprint density at radius 3 is 2.57 bits per heavy atom. The first-order valence-corrected chi connectivity index (χ1v) is 7.96. The Morgan fingerprint density at radius 1 is 1.22 bits per heavy atom. The summed E-state index contributed by atoms with van der Waals surface area (Å²) in [4.78, 5) is 20.4. The van der Waals surface area contributed by atoms with Gasteiger partial charge >= 0.3 is 5.69 Å². The summed E-state index contributed by atoms with van der Waals surface area (Å²) in [6, 6.07) is 10.4. The minimum atomic E-state index is -0.506. The number of halogens is 1. The molecule has 7 heteroatoms. The molecule has 1 aromatic heterocycles. The van der Waals surface area contributed by atoms with Gasteiger partial charge in [0.25, 0.3) is 0 Å². The van der Waals surface area contributed by atoms with E-state index in [4.69, 9.17) is 11.6 Å². The third-order valence-corrected chi connectivity index (χ3v) is 4.50. The van der Waals surface area contributed by atoms with E-state index in [1.807, 2.05) is 11.0 Å². The Kier molecular flexibility index (Phi) is 4.71. The van der Waals surface area contributed by atoms with Crippen LogP contribution in [0.5, 0.6) is 0 Å². The molecule has 1 aliphatic rings. The highest BCUT2D eigenvalue weighted by Gasteiger charge is 2.29. The third-order valence-electron chi connectivity index (χ3n) is 4.22. The summed E-state index contributed by atoms with van der Waals surface area (Å²) in [5, 5.41) is 11.1. The van der Waals surface area contributed by atoms with Crippen LogP contribution in [0.15, 0.2) is 36.7 Å². The fourth-order valence-corrected chi connectivity index (χ4v) is 3.23. The molecule has 1 fully saturated rings. The molecule has 0 bridgehead atoms. The summed E-state index contributed by atoms with van der Waals surface area (Å²) in [5.41, 5.74) is 1.14. The van der Waals surface area contributed by atoms with Gasteiger partial charge in [-0.25, -0.2) is 9.97 Å².